The number of ether oxygens (including phenoxy) is 2. The first-order valence-corrected chi connectivity index (χ1v) is 8.80. The molecule has 0 spiro atoms. The van der Waals surface area contributed by atoms with Gasteiger partial charge in [0.05, 0.1) is 25.5 Å². The molecule has 2 aromatic rings. The average molecular weight is 388 g/mol. The molecule has 2 rings (SSSR count). The highest BCUT2D eigenvalue weighted by molar-refractivity contribution is 7.92. The second-order valence-corrected chi connectivity index (χ2v) is 7.10. The number of methoxy groups -OCH3 is 2. The van der Waals surface area contributed by atoms with Crippen LogP contribution < -0.4 is 9.46 Å². The summed E-state index contributed by atoms with van der Waals surface area (Å²) in [5, 5.41) is 0.388. The zero-order chi connectivity index (χ0) is 18.8. The molecule has 0 heterocycles. The molecule has 0 unspecified atom stereocenters. The SMILES string of the molecule is COC(=O)c1ccc(F)c(S(=O)(=O)Nc2cc(C)c(Cl)cc2OC)c1. The minimum atomic E-state index is -4.33. The number of benzene rings is 2. The Hall–Kier alpha value is -2.32. The number of nitrogens with one attached hydrogen (secondary N) is 1. The summed E-state index contributed by atoms with van der Waals surface area (Å²) in [7, 11) is -1.84. The molecule has 0 saturated heterocycles. The molecular weight excluding hydrogens is 373 g/mol. The second-order valence-electron chi connectivity index (χ2n) is 5.04. The first-order valence-electron chi connectivity index (χ1n) is 6.94. The summed E-state index contributed by atoms with van der Waals surface area (Å²) >= 11 is 5.98. The monoisotopic (exact) mass is 387 g/mol. The van der Waals surface area contributed by atoms with Crippen molar-refractivity contribution in [3.63, 3.8) is 0 Å². The molecule has 25 heavy (non-hydrogen) atoms. The van der Waals surface area contributed by atoms with Gasteiger partial charge in [-0.1, -0.05) is 11.6 Å². The number of hydrogen-bond donors (Lipinski definition) is 1. The molecule has 0 fully saturated rings. The van der Waals surface area contributed by atoms with Crippen LogP contribution in [0.5, 0.6) is 5.75 Å². The molecule has 0 saturated carbocycles. The third-order valence-corrected chi connectivity index (χ3v) is 5.15. The van der Waals surface area contributed by atoms with Crippen LogP contribution in [0.2, 0.25) is 5.02 Å². The largest absolute Gasteiger partial charge is 0.495 e. The number of halogens is 2. The van der Waals surface area contributed by atoms with Crippen LogP contribution in [0.4, 0.5) is 10.1 Å². The fourth-order valence-corrected chi connectivity index (χ4v) is 3.39. The molecule has 134 valence electrons. The average Bonchev–Trinajstić information content (AvgIpc) is 2.57. The van der Waals surface area contributed by atoms with Crippen LogP contribution in [0.15, 0.2) is 35.2 Å². The van der Waals surface area contributed by atoms with Gasteiger partial charge in [0.2, 0.25) is 0 Å². The lowest BCUT2D eigenvalue weighted by Gasteiger charge is -2.14. The summed E-state index contributed by atoms with van der Waals surface area (Å²) in [5.41, 5.74) is 0.597. The molecule has 0 atom stereocenters. The van der Waals surface area contributed by atoms with Crippen LogP contribution in [0, 0.1) is 12.7 Å². The summed E-state index contributed by atoms with van der Waals surface area (Å²) in [6.07, 6.45) is 0. The highest BCUT2D eigenvalue weighted by Crippen LogP contribution is 2.33. The van der Waals surface area contributed by atoms with E-state index in [1.165, 1.54) is 19.2 Å². The molecule has 0 bridgehead atoms. The van der Waals surface area contributed by atoms with Gasteiger partial charge in [-0.05, 0) is 36.8 Å². The van der Waals surface area contributed by atoms with E-state index in [1.807, 2.05) is 0 Å². The molecule has 2 aromatic carbocycles. The van der Waals surface area contributed by atoms with Crippen molar-refractivity contribution in [1.82, 2.24) is 0 Å². The summed E-state index contributed by atoms with van der Waals surface area (Å²) in [5.74, 6) is -1.62. The van der Waals surface area contributed by atoms with Crippen LogP contribution in [0.25, 0.3) is 0 Å². The summed E-state index contributed by atoms with van der Waals surface area (Å²) in [4.78, 5) is 10.9. The Morgan fingerprint density at radius 2 is 1.88 bits per heavy atom. The van der Waals surface area contributed by atoms with E-state index in [-0.39, 0.29) is 17.0 Å². The Kier molecular flexibility index (Phi) is 5.54. The van der Waals surface area contributed by atoms with Crippen molar-refractivity contribution >= 4 is 33.3 Å². The van der Waals surface area contributed by atoms with Gasteiger partial charge in [0.25, 0.3) is 10.0 Å². The standard InChI is InChI=1S/C16H15ClFNO5S/c1-9-6-13(14(23-2)8-11(9)17)19-25(21,22)15-7-10(16(20)24-3)4-5-12(15)18/h4-8,19H,1-3H3. The van der Waals surface area contributed by atoms with Crippen LogP contribution in [-0.4, -0.2) is 28.6 Å². The number of anilines is 1. The number of esters is 1. The van der Waals surface area contributed by atoms with E-state index in [4.69, 9.17) is 16.3 Å². The maximum absolute atomic E-state index is 14.0. The number of rotatable bonds is 5. The van der Waals surface area contributed by atoms with Gasteiger partial charge in [-0.2, -0.15) is 0 Å². The number of sulfonamides is 1. The van der Waals surface area contributed by atoms with Crippen LogP contribution in [-0.2, 0) is 14.8 Å². The topological polar surface area (TPSA) is 81.7 Å². The van der Waals surface area contributed by atoms with Crippen LogP contribution in [0.3, 0.4) is 0 Å². The molecule has 9 heteroatoms. The normalized spacial score (nSPS) is 11.1. The number of hydrogen-bond acceptors (Lipinski definition) is 5. The lowest BCUT2D eigenvalue weighted by molar-refractivity contribution is 0.0600. The van der Waals surface area contributed by atoms with Gasteiger partial charge in [-0.15, -0.1) is 0 Å². The Labute approximate surface area is 149 Å². The van der Waals surface area contributed by atoms with E-state index in [0.717, 1.165) is 25.3 Å². The van der Waals surface area contributed by atoms with Crippen molar-refractivity contribution in [3.8, 4) is 5.75 Å². The van der Waals surface area contributed by atoms with Gasteiger partial charge < -0.3 is 9.47 Å². The Balaban J connectivity index is 2.50. The van der Waals surface area contributed by atoms with Crippen molar-refractivity contribution in [2.45, 2.75) is 11.8 Å². The van der Waals surface area contributed by atoms with Gasteiger partial charge in [0.1, 0.15) is 16.5 Å². The Morgan fingerprint density at radius 1 is 1.20 bits per heavy atom. The molecule has 6 nitrogen and oxygen atoms in total. The molecule has 0 aromatic heterocycles. The van der Waals surface area contributed by atoms with E-state index in [9.17, 15) is 17.6 Å². The lowest BCUT2D eigenvalue weighted by atomic mass is 10.2. The molecule has 1 N–H and O–H groups in total. The first kappa shape index (κ1) is 19.0. The third kappa shape index (κ3) is 4.02. The van der Waals surface area contributed by atoms with Gasteiger partial charge in [-0.3, -0.25) is 4.72 Å². The summed E-state index contributed by atoms with van der Waals surface area (Å²) < 4.78 is 51.0. The first-order chi connectivity index (χ1) is 11.7. The van der Waals surface area contributed by atoms with Crippen molar-refractivity contribution < 1.29 is 27.1 Å². The number of carbonyl (C=O) groups excluding carboxylic acids is 1. The van der Waals surface area contributed by atoms with Gasteiger partial charge in [0.15, 0.2) is 0 Å². The van der Waals surface area contributed by atoms with E-state index >= 15 is 0 Å². The van der Waals surface area contributed by atoms with Gasteiger partial charge >= 0.3 is 5.97 Å². The van der Waals surface area contributed by atoms with E-state index in [0.29, 0.717) is 10.6 Å². The Morgan fingerprint density at radius 3 is 2.48 bits per heavy atom. The fourth-order valence-electron chi connectivity index (χ4n) is 2.07. The lowest BCUT2D eigenvalue weighted by Crippen LogP contribution is -2.16. The van der Waals surface area contributed by atoms with Crippen molar-refractivity contribution in [1.29, 1.82) is 0 Å². The van der Waals surface area contributed by atoms with Gasteiger partial charge in [-0.25, -0.2) is 17.6 Å². The highest BCUT2D eigenvalue weighted by Gasteiger charge is 2.23. The minimum Gasteiger partial charge on any atom is -0.495 e. The van der Waals surface area contributed by atoms with Crippen LogP contribution in [0.1, 0.15) is 15.9 Å². The van der Waals surface area contributed by atoms with Crippen molar-refractivity contribution in [3.05, 3.63) is 52.3 Å². The second kappa shape index (κ2) is 7.28. The molecular formula is C16H15ClFNO5S. The number of carbonyl (C=O) groups is 1. The maximum Gasteiger partial charge on any atom is 0.337 e. The predicted molar refractivity (Wildman–Crippen MR) is 91.3 cm³/mol. The zero-order valence-electron chi connectivity index (χ0n) is 13.6. The van der Waals surface area contributed by atoms with Crippen molar-refractivity contribution in [2.75, 3.05) is 18.9 Å². The summed E-state index contributed by atoms with van der Waals surface area (Å²) in [6, 6.07) is 5.81. The predicted octanol–water partition coefficient (Wildman–Crippen LogP) is 3.38. The highest BCUT2D eigenvalue weighted by atomic mass is 35.5. The fraction of sp³-hybridized carbons (Fsp3) is 0.188. The molecule has 0 amide bonds. The van der Waals surface area contributed by atoms with Crippen molar-refractivity contribution in [2.24, 2.45) is 0 Å². The Bertz CT molecular complexity index is 930. The molecule has 0 radical (unpaired) electrons. The van der Waals surface area contributed by atoms with E-state index < -0.39 is 26.7 Å². The maximum atomic E-state index is 14.0. The third-order valence-electron chi connectivity index (χ3n) is 3.37. The number of aryl methyl sites for hydroxylation is 1. The quantitative estimate of drug-likeness (QED) is 0.795. The van der Waals surface area contributed by atoms with E-state index in [1.54, 1.807) is 6.92 Å². The zero-order valence-corrected chi connectivity index (χ0v) is 15.2. The van der Waals surface area contributed by atoms with Crippen LogP contribution >= 0.6 is 11.6 Å². The smallest absolute Gasteiger partial charge is 0.337 e. The summed E-state index contributed by atoms with van der Waals surface area (Å²) in [6.45, 7) is 1.68. The minimum absolute atomic E-state index is 0.0901. The van der Waals surface area contributed by atoms with Gasteiger partial charge in [0, 0.05) is 11.1 Å². The van der Waals surface area contributed by atoms with E-state index in [2.05, 4.69) is 9.46 Å². The molecule has 0 aliphatic rings. The molecule has 0 aliphatic heterocycles. The molecule has 0 aliphatic carbocycles.